The highest BCUT2D eigenvalue weighted by molar-refractivity contribution is 6.25. The Morgan fingerprint density at radius 3 is 2.94 bits per heavy atom. The van der Waals surface area contributed by atoms with Gasteiger partial charge in [-0.2, -0.15) is 14.4 Å². The number of fused-ring (bicyclic) bond motifs is 1. The fourth-order valence-electron chi connectivity index (χ4n) is 1.71. The van der Waals surface area contributed by atoms with Gasteiger partial charge in [0.2, 0.25) is 0 Å². The molecule has 0 radical (unpaired) electrons. The number of nitrogens with one attached hydrogen (secondary N) is 1. The monoisotopic (exact) mass is 235 g/mol. The minimum Gasteiger partial charge on any atom is -0.206 e. The van der Waals surface area contributed by atoms with Crippen molar-refractivity contribution in [2.24, 2.45) is 0 Å². The lowest BCUT2D eigenvalue weighted by Crippen LogP contribution is -2.55. The van der Waals surface area contributed by atoms with Gasteiger partial charge in [-0.3, -0.25) is 0 Å². The molecule has 0 amide bonds. The molecule has 82 valence electrons. The van der Waals surface area contributed by atoms with Crippen LogP contribution in [0, 0.1) is 0 Å². The molecule has 0 unspecified atom stereocenters. The Balaban J connectivity index is 1.95. The molecule has 1 aliphatic heterocycles. The molecule has 0 fully saturated rings. The van der Waals surface area contributed by atoms with Gasteiger partial charge in [0.1, 0.15) is 0 Å². The molecule has 6 heteroatoms. The first-order valence-corrected chi connectivity index (χ1v) is 5.26. The highest BCUT2D eigenvalue weighted by Gasteiger charge is 2.20. The summed E-state index contributed by atoms with van der Waals surface area (Å²) in [5, 5.41) is 5.96. The van der Waals surface area contributed by atoms with Crippen LogP contribution >= 0.6 is 11.8 Å². The van der Waals surface area contributed by atoms with E-state index in [1.54, 1.807) is 11.0 Å². The topological polar surface area (TPSA) is 36.3 Å². The Labute approximate surface area is 97.8 Å². The fraction of sp³-hybridized carbons (Fsp3) is 0.100. The molecule has 2 heterocycles. The Bertz CT molecular complexity index is 484. The van der Waals surface area contributed by atoms with Crippen LogP contribution in [-0.4, -0.2) is 9.89 Å². The Morgan fingerprint density at radius 2 is 2.12 bits per heavy atom. The molecule has 1 aromatic carbocycles. The summed E-state index contributed by atoms with van der Waals surface area (Å²) in [5.74, 6) is 0. The summed E-state index contributed by atoms with van der Waals surface area (Å²) < 4.78 is 1.46. The van der Waals surface area contributed by atoms with E-state index in [9.17, 15) is 0 Å². The molecular weight excluding hydrogens is 226 g/mol. The minimum absolute atomic E-state index is 0.709. The van der Waals surface area contributed by atoms with Gasteiger partial charge in [-0.05, 0) is 12.1 Å². The molecule has 0 bridgehead atoms. The number of nitrogens with zero attached hydrogens (tertiary/aromatic N) is 4. The van der Waals surface area contributed by atoms with Crippen LogP contribution in [0.4, 0.5) is 5.69 Å². The van der Waals surface area contributed by atoms with Gasteiger partial charge < -0.3 is 0 Å². The number of para-hydroxylation sites is 1. The predicted molar refractivity (Wildman–Crippen MR) is 62.1 cm³/mol. The highest BCUT2D eigenvalue weighted by atomic mass is 35.5. The van der Waals surface area contributed by atoms with Crippen molar-refractivity contribution in [3.05, 3.63) is 48.3 Å². The molecular formula is C10H10ClN5. The number of halogens is 1. The standard InChI is InChI=1S/C10H10ClN5/c11-16-10-5-2-1-4-9(10)8-15(13-16)14-7-3-6-12-14/h1-7,13H,8H2. The van der Waals surface area contributed by atoms with Gasteiger partial charge in [0.25, 0.3) is 0 Å². The van der Waals surface area contributed by atoms with E-state index in [-0.39, 0.29) is 0 Å². The normalized spacial score (nSPS) is 15.1. The van der Waals surface area contributed by atoms with E-state index < -0.39 is 0 Å². The van der Waals surface area contributed by atoms with Crippen LogP contribution in [0.15, 0.2) is 42.7 Å². The van der Waals surface area contributed by atoms with E-state index in [1.165, 1.54) is 4.53 Å². The number of anilines is 1. The Hall–Kier alpha value is -1.72. The molecule has 0 saturated carbocycles. The van der Waals surface area contributed by atoms with Gasteiger partial charge in [-0.25, -0.2) is 5.12 Å². The summed E-state index contributed by atoms with van der Waals surface area (Å²) in [5.41, 5.74) is 5.12. The van der Waals surface area contributed by atoms with E-state index in [0.717, 1.165) is 11.3 Å². The van der Waals surface area contributed by atoms with Crippen molar-refractivity contribution in [3.8, 4) is 0 Å². The number of hydrogen-bond donors (Lipinski definition) is 1. The van der Waals surface area contributed by atoms with E-state index in [2.05, 4.69) is 10.6 Å². The molecule has 0 atom stereocenters. The Morgan fingerprint density at radius 1 is 1.25 bits per heavy atom. The molecule has 0 aliphatic carbocycles. The van der Waals surface area contributed by atoms with Crippen molar-refractivity contribution in [2.45, 2.75) is 6.54 Å². The van der Waals surface area contributed by atoms with E-state index in [1.807, 2.05) is 41.6 Å². The first-order valence-electron chi connectivity index (χ1n) is 4.92. The lowest BCUT2D eigenvalue weighted by molar-refractivity contribution is 0.435. The van der Waals surface area contributed by atoms with Gasteiger partial charge in [-0.1, -0.05) is 18.2 Å². The lowest BCUT2D eigenvalue weighted by Gasteiger charge is -2.35. The molecule has 16 heavy (non-hydrogen) atoms. The number of rotatable bonds is 1. The van der Waals surface area contributed by atoms with Crippen molar-refractivity contribution in [3.63, 3.8) is 0 Å². The van der Waals surface area contributed by atoms with Crippen molar-refractivity contribution < 1.29 is 0 Å². The largest absolute Gasteiger partial charge is 0.206 e. The van der Waals surface area contributed by atoms with Crippen LogP contribution < -0.4 is 15.2 Å². The third-order valence-electron chi connectivity index (χ3n) is 2.46. The zero-order chi connectivity index (χ0) is 11.0. The third-order valence-corrected chi connectivity index (χ3v) is 2.72. The van der Waals surface area contributed by atoms with Crippen LogP contribution in [0.5, 0.6) is 0 Å². The van der Waals surface area contributed by atoms with Crippen LogP contribution in [0.2, 0.25) is 0 Å². The molecule has 1 aromatic heterocycles. The molecule has 3 rings (SSSR count). The van der Waals surface area contributed by atoms with Crippen LogP contribution in [0.1, 0.15) is 5.56 Å². The second kappa shape index (κ2) is 3.70. The van der Waals surface area contributed by atoms with E-state index in [4.69, 9.17) is 11.8 Å². The van der Waals surface area contributed by atoms with Crippen LogP contribution in [-0.2, 0) is 6.54 Å². The maximum atomic E-state index is 6.10. The summed E-state index contributed by atoms with van der Waals surface area (Å²) >= 11 is 6.10. The molecule has 1 N–H and O–H groups in total. The fourth-order valence-corrected chi connectivity index (χ4v) is 1.96. The smallest absolute Gasteiger partial charge is 0.0823 e. The lowest BCUT2D eigenvalue weighted by atomic mass is 10.2. The summed E-state index contributed by atoms with van der Waals surface area (Å²) in [4.78, 5) is 1.70. The maximum absolute atomic E-state index is 6.10. The van der Waals surface area contributed by atoms with E-state index >= 15 is 0 Å². The SMILES string of the molecule is ClN1NN(n2cccn2)Cc2ccccc21. The average Bonchev–Trinajstić information content (AvgIpc) is 2.82. The van der Waals surface area contributed by atoms with Crippen molar-refractivity contribution in [1.29, 1.82) is 0 Å². The third kappa shape index (κ3) is 1.50. The molecule has 2 aromatic rings. The second-order valence-corrected chi connectivity index (χ2v) is 3.83. The number of hydrogen-bond acceptors (Lipinski definition) is 4. The summed E-state index contributed by atoms with van der Waals surface area (Å²) in [6, 6.07) is 9.83. The zero-order valence-corrected chi connectivity index (χ0v) is 9.17. The summed E-state index contributed by atoms with van der Waals surface area (Å²) in [6.45, 7) is 0.709. The Kier molecular flexibility index (Phi) is 2.19. The van der Waals surface area contributed by atoms with Crippen LogP contribution in [0.3, 0.4) is 0 Å². The summed E-state index contributed by atoms with van der Waals surface area (Å²) in [7, 11) is 0. The van der Waals surface area contributed by atoms with Gasteiger partial charge in [0.15, 0.2) is 0 Å². The van der Waals surface area contributed by atoms with Gasteiger partial charge in [0, 0.05) is 17.3 Å². The predicted octanol–water partition coefficient (Wildman–Crippen LogP) is 1.41. The zero-order valence-electron chi connectivity index (χ0n) is 8.42. The number of aromatic nitrogens is 2. The number of benzene rings is 1. The van der Waals surface area contributed by atoms with Crippen LogP contribution in [0.25, 0.3) is 0 Å². The van der Waals surface area contributed by atoms with Crippen molar-refractivity contribution in [2.75, 3.05) is 9.65 Å². The van der Waals surface area contributed by atoms with Gasteiger partial charge in [-0.15, -0.1) is 5.53 Å². The number of hydrazine groups is 2. The van der Waals surface area contributed by atoms with E-state index in [0.29, 0.717) is 6.54 Å². The van der Waals surface area contributed by atoms with Gasteiger partial charge >= 0.3 is 0 Å². The molecule has 1 aliphatic rings. The molecule has 0 saturated heterocycles. The molecule has 0 spiro atoms. The first kappa shape index (κ1) is 9.50. The van der Waals surface area contributed by atoms with Crippen molar-refractivity contribution in [1.82, 2.24) is 15.4 Å². The molecule has 5 nitrogen and oxygen atoms in total. The second-order valence-electron chi connectivity index (χ2n) is 3.49. The highest BCUT2D eigenvalue weighted by Crippen LogP contribution is 2.24. The average molecular weight is 236 g/mol. The minimum atomic E-state index is 0.709. The maximum Gasteiger partial charge on any atom is 0.0823 e. The summed E-state index contributed by atoms with van der Waals surface area (Å²) in [6.07, 6.45) is 3.58. The van der Waals surface area contributed by atoms with Crippen molar-refractivity contribution >= 4 is 17.5 Å². The van der Waals surface area contributed by atoms with Gasteiger partial charge in [0.05, 0.1) is 24.6 Å². The first-order chi connectivity index (χ1) is 7.84. The quantitative estimate of drug-likeness (QED) is 0.759.